The van der Waals surface area contributed by atoms with Crippen LogP contribution in [0.25, 0.3) is 10.6 Å². The van der Waals surface area contributed by atoms with Gasteiger partial charge in [-0.3, -0.25) is 4.79 Å². The highest BCUT2D eigenvalue weighted by molar-refractivity contribution is 7.16. The number of hydrogen-bond acceptors (Lipinski definition) is 7. The smallest absolute Gasteiger partial charge is 0.280 e. The van der Waals surface area contributed by atoms with Crippen LogP contribution in [0.1, 0.15) is 15.4 Å². The summed E-state index contributed by atoms with van der Waals surface area (Å²) in [5, 5.41) is 14.9. The SMILES string of the molecule is Cc1ccnc(Nc2cccc(-c3cnc(C(=O)NCC(O)Cl)s3)n2)c1. The van der Waals surface area contributed by atoms with Crippen molar-refractivity contribution in [3.8, 4) is 10.6 Å². The fourth-order valence-electron chi connectivity index (χ4n) is 2.13. The molecule has 3 heterocycles. The number of hydrogen-bond donors (Lipinski definition) is 3. The lowest BCUT2D eigenvalue weighted by Gasteiger charge is -2.06. The molecule has 0 aliphatic heterocycles. The second kappa shape index (κ2) is 8.22. The van der Waals surface area contributed by atoms with Crippen molar-refractivity contribution < 1.29 is 9.90 Å². The zero-order chi connectivity index (χ0) is 18.5. The number of carbonyl (C=O) groups excluding carboxylic acids is 1. The van der Waals surface area contributed by atoms with Crippen LogP contribution in [0.2, 0.25) is 0 Å². The third-order valence-electron chi connectivity index (χ3n) is 3.30. The highest BCUT2D eigenvalue weighted by Gasteiger charge is 2.14. The molecule has 26 heavy (non-hydrogen) atoms. The van der Waals surface area contributed by atoms with Crippen molar-refractivity contribution in [1.82, 2.24) is 20.3 Å². The third-order valence-corrected chi connectivity index (χ3v) is 4.48. The quantitative estimate of drug-likeness (QED) is 0.560. The minimum atomic E-state index is -1.13. The second-order valence-corrected chi connectivity index (χ2v) is 6.96. The van der Waals surface area contributed by atoms with E-state index < -0.39 is 5.56 Å². The predicted octanol–water partition coefficient (Wildman–Crippen LogP) is 2.94. The number of aromatic nitrogens is 3. The fourth-order valence-corrected chi connectivity index (χ4v) is 3.01. The number of pyridine rings is 2. The summed E-state index contributed by atoms with van der Waals surface area (Å²) in [5.41, 5.74) is 0.661. The first-order valence-corrected chi connectivity index (χ1v) is 9.00. The Bertz CT molecular complexity index is 915. The van der Waals surface area contributed by atoms with Gasteiger partial charge in [0.05, 0.1) is 17.1 Å². The third kappa shape index (κ3) is 4.75. The van der Waals surface area contributed by atoms with Gasteiger partial charge in [0.15, 0.2) is 5.01 Å². The molecule has 3 N–H and O–H groups in total. The van der Waals surface area contributed by atoms with E-state index in [9.17, 15) is 4.79 Å². The molecule has 1 atom stereocenters. The molecule has 0 radical (unpaired) electrons. The van der Waals surface area contributed by atoms with E-state index in [1.54, 1.807) is 12.4 Å². The number of nitrogens with zero attached hydrogens (tertiary/aromatic N) is 3. The van der Waals surface area contributed by atoms with E-state index in [1.807, 2.05) is 37.3 Å². The lowest BCUT2D eigenvalue weighted by Crippen LogP contribution is -2.29. The average molecular weight is 390 g/mol. The number of aliphatic hydroxyl groups is 1. The molecule has 0 aliphatic rings. The topological polar surface area (TPSA) is 100 Å². The van der Waals surface area contributed by atoms with Crippen molar-refractivity contribution in [2.24, 2.45) is 0 Å². The Morgan fingerprint density at radius 1 is 1.31 bits per heavy atom. The van der Waals surface area contributed by atoms with Gasteiger partial charge in [-0.25, -0.2) is 15.0 Å². The first-order valence-electron chi connectivity index (χ1n) is 7.74. The molecule has 0 aliphatic carbocycles. The Morgan fingerprint density at radius 2 is 2.15 bits per heavy atom. The Labute approximate surface area is 159 Å². The molecular formula is C17H16ClN5O2S. The summed E-state index contributed by atoms with van der Waals surface area (Å²) in [4.78, 5) is 25.6. The Morgan fingerprint density at radius 3 is 2.92 bits per heavy atom. The van der Waals surface area contributed by atoms with Gasteiger partial charge in [0, 0.05) is 12.4 Å². The van der Waals surface area contributed by atoms with E-state index in [0.717, 1.165) is 10.4 Å². The number of rotatable bonds is 6. The average Bonchev–Trinajstić information content (AvgIpc) is 3.10. The second-order valence-electron chi connectivity index (χ2n) is 5.43. The summed E-state index contributed by atoms with van der Waals surface area (Å²) in [6.07, 6.45) is 3.32. The molecule has 0 aromatic carbocycles. The van der Waals surface area contributed by atoms with Gasteiger partial charge in [-0.05, 0) is 36.8 Å². The van der Waals surface area contributed by atoms with Crippen LogP contribution in [0.4, 0.5) is 11.6 Å². The summed E-state index contributed by atoms with van der Waals surface area (Å²) in [6, 6.07) is 9.39. The van der Waals surface area contributed by atoms with E-state index in [2.05, 4.69) is 25.6 Å². The maximum absolute atomic E-state index is 12.0. The molecule has 7 nitrogen and oxygen atoms in total. The Kier molecular flexibility index (Phi) is 5.77. The molecule has 0 spiro atoms. The van der Waals surface area contributed by atoms with Crippen LogP contribution in [0.5, 0.6) is 0 Å². The van der Waals surface area contributed by atoms with Gasteiger partial charge in [0.25, 0.3) is 5.91 Å². The molecule has 9 heteroatoms. The van der Waals surface area contributed by atoms with Gasteiger partial charge in [0.2, 0.25) is 0 Å². The number of amides is 1. The molecule has 3 rings (SSSR count). The molecule has 1 unspecified atom stereocenters. The molecule has 134 valence electrons. The van der Waals surface area contributed by atoms with Crippen molar-refractivity contribution in [1.29, 1.82) is 0 Å². The van der Waals surface area contributed by atoms with Crippen molar-refractivity contribution in [3.05, 3.63) is 53.3 Å². The van der Waals surface area contributed by atoms with Gasteiger partial charge in [0.1, 0.15) is 17.2 Å². The standard InChI is InChI=1S/C17H16ClN5O2S/c1-10-5-6-19-15(7-10)23-14-4-2-3-11(22-14)12-8-21-17(26-12)16(25)20-9-13(18)24/h2-8,13,24H,9H2,1H3,(H,20,25)(H,19,22,23). The van der Waals surface area contributed by atoms with Crippen molar-refractivity contribution in [2.75, 3.05) is 11.9 Å². The molecular weight excluding hydrogens is 374 g/mol. The van der Waals surface area contributed by atoms with Gasteiger partial charge >= 0.3 is 0 Å². The number of halogens is 1. The monoisotopic (exact) mass is 389 g/mol. The largest absolute Gasteiger partial charge is 0.376 e. The number of aliphatic hydroxyl groups excluding tert-OH is 1. The number of alkyl halides is 1. The maximum atomic E-state index is 12.0. The molecule has 1 amide bonds. The zero-order valence-corrected chi connectivity index (χ0v) is 15.4. The van der Waals surface area contributed by atoms with Gasteiger partial charge < -0.3 is 15.7 Å². The number of aryl methyl sites for hydroxylation is 1. The fraction of sp³-hybridized carbons (Fsp3) is 0.176. The van der Waals surface area contributed by atoms with Crippen LogP contribution < -0.4 is 10.6 Å². The highest BCUT2D eigenvalue weighted by atomic mass is 35.5. The molecule has 3 aromatic rings. The summed E-state index contributed by atoms with van der Waals surface area (Å²) in [5.74, 6) is 0.961. The molecule has 3 aromatic heterocycles. The first-order chi connectivity index (χ1) is 12.5. The lowest BCUT2D eigenvalue weighted by atomic mass is 10.3. The van der Waals surface area contributed by atoms with E-state index in [4.69, 9.17) is 16.7 Å². The Hall–Kier alpha value is -2.55. The molecule has 0 saturated heterocycles. The van der Waals surface area contributed by atoms with Crippen LogP contribution in [-0.2, 0) is 0 Å². The molecule has 0 bridgehead atoms. The van der Waals surface area contributed by atoms with Crippen molar-refractivity contribution >= 4 is 40.5 Å². The van der Waals surface area contributed by atoms with Gasteiger partial charge in [-0.15, -0.1) is 11.3 Å². The van der Waals surface area contributed by atoms with Gasteiger partial charge in [-0.1, -0.05) is 17.7 Å². The van der Waals surface area contributed by atoms with E-state index in [-0.39, 0.29) is 17.5 Å². The van der Waals surface area contributed by atoms with Gasteiger partial charge in [-0.2, -0.15) is 0 Å². The summed E-state index contributed by atoms with van der Waals surface area (Å²) >= 11 is 6.62. The zero-order valence-electron chi connectivity index (χ0n) is 13.8. The van der Waals surface area contributed by atoms with Crippen LogP contribution in [0.3, 0.4) is 0 Å². The Balaban J connectivity index is 1.75. The van der Waals surface area contributed by atoms with E-state index >= 15 is 0 Å². The van der Waals surface area contributed by atoms with Crippen LogP contribution in [0, 0.1) is 6.92 Å². The number of carbonyl (C=O) groups is 1. The summed E-state index contributed by atoms with van der Waals surface area (Å²) in [6.45, 7) is 1.94. The van der Waals surface area contributed by atoms with Crippen LogP contribution >= 0.6 is 22.9 Å². The molecule has 0 fully saturated rings. The number of nitrogens with one attached hydrogen (secondary N) is 2. The highest BCUT2D eigenvalue weighted by Crippen LogP contribution is 2.26. The minimum Gasteiger partial charge on any atom is -0.376 e. The normalized spacial score (nSPS) is 11.8. The van der Waals surface area contributed by atoms with E-state index in [1.165, 1.54) is 11.3 Å². The van der Waals surface area contributed by atoms with E-state index in [0.29, 0.717) is 17.3 Å². The van der Waals surface area contributed by atoms with Crippen molar-refractivity contribution in [2.45, 2.75) is 12.5 Å². The number of thiazole rings is 1. The summed E-state index contributed by atoms with van der Waals surface area (Å²) < 4.78 is 0. The molecule has 0 saturated carbocycles. The van der Waals surface area contributed by atoms with Crippen LogP contribution in [0.15, 0.2) is 42.7 Å². The predicted molar refractivity (Wildman–Crippen MR) is 102 cm³/mol. The number of anilines is 2. The first kappa shape index (κ1) is 18.2. The lowest BCUT2D eigenvalue weighted by molar-refractivity contribution is 0.0938. The van der Waals surface area contributed by atoms with Crippen LogP contribution in [-0.4, -0.2) is 38.1 Å². The summed E-state index contributed by atoms with van der Waals surface area (Å²) in [7, 11) is 0. The van der Waals surface area contributed by atoms with Crippen molar-refractivity contribution in [3.63, 3.8) is 0 Å². The maximum Gasteiger partial charge on any atom is 0.280 e. The minimum absolute atomic E-state index is 0.0452.